The molecule has 0 unspecified atom stereocenters. The number of nitrogens with two attached hydrogens (primary N) is 1. The summed E-state index contributed by atoms with van der Waals surface area (Å²) < 4.78 is 27.1. The second-order valence-corrected chi connectivity index (χ2v) is 6.66. The average Bonchev–Trinajstić information content (AvgIpc) is 2.46. The lowest BCUT2D eigenvalue weighted by atomic mass is 10.1. The largest absolute Gasteiger partial charge is 0.326 e. The highest BCUT2D eigenvalue weighted by molar-refractivity contribution is 7.91. The van der Waals surface area contributed by atoms with E-state index in [2.05, 4.69) is 4.72 Å². The fraction of sp³-hybridized carbons (Fsp3) is 0.250. The molecule has 21 heavy (non-hydrogen) atoms. The summed E-state index contributed by atoms with van der Waals surface area (Å²) in [6, 6.07) is 14.8. The van der Waals surface area contributed by atoms with Gasteiger partial charge in [-0.2, -0.15) is 0 Å². The van der Waals surface area contributed by atoms with E-state index in [0.29, 0.717) is 12.2 Å². The highest BCUT2D eigenvalue weighted by Gasteiger charge is 2.12. The minimum atomic E-state index is -3.43. The number of sulfonamides is 1. The number of benzene rings is 2. The molecule has 0 fully saturated rings. The van der Waals surface area contributed by atoms with E-state index in [4.69, 9.17) is 5.73 Å². The third-order valence-electron chi connectivity index (χ3n) is 3.19. The zero-order chi connectivity index (χ0) is 15.3. The van der Waals surface area contributed by atoms with E-state index < -0.39 is 10.0 Å². The first kappa shape index (κ1) is 15.5. The van der Waals surface area contributed by atoms with Gasteiger partial charge in [-0.1, -0.05) is 43.3 Å². The Kier molecular flexibility index (Phi) is 4.98. The number of anilines is 1. The minimum Gasteiger partial charge on any atom is -0.326 e. The van der Waals surface area contributed by atoms with E-state index in [0.717, 1.165) is 23.1 Å². The summed E-state index contributed by atoms with van der Waals surface area (Å²) in [6.07, 6.45) is 0.869. The molecule has 0 radical (unpaired) electrons. The van der Waals surface area contributed by atoms with Gasteiger partial charge in [0.05, 0.1) is 5.75 Å². The summed E-state index contributed by atoms with van der Waals surface area (Å²) in [5.74, 6) is -0.0583. The van der Waals surface area contributed by atoms with E-state index in [1.165, 1.54) is 0 Å². The maximum atomic E-state index is 12.2. The van der Waals surface area contributed by atoms with Crippen LogP contribution in [0.4, 0.5) is 5.69 Å². The number of hydrogen-bond acceptors (Lipinski definition) is 3. The first-order valence-electron chi connectivity index (χ1n) is 6.89. The van der Waals surface area contributed by atoms with E-state index >= 15 is 0 Å². The number of aryl methyl sites for hydroxylation is 1. The third kappa shape index (κ3) is 4.58. The van der Waals surface area contributed by atoms with Crippen LogP contribution in [0, 0.1) is 0 Å². The van der Waals surface area contributed by atoms with Crippen LogP contribution in [-0.2, 0) is 28.7 Å². The first-order chi connectivity index (χ1) is 10.0. The quantitative estimate of drug-likeness (QED) is 0.861. The first-order valence-corrected chi connectivity index (χ1v) is 8.55. The van der Waals surface area contributed by atoms with Crippen molar-refractivity contribution in [1.29, 1.82) is 0 Å². The number of hydrogen-bond donors (Lipinski definition) is 2. The van der Waals surface area contributed by atoms with Crippen molar-refractivity contribution in [2.24, 2.45) is 5.73 Å². The summed E-state index contributed by atoms with van der Waals surface area (Å²) in [6.45, 7) is 2.44. The van der Waals surface area contributed by atoms with Crippen molar-refractivity contribution in [3.8, 4) is 0 Å². The van der Waals surface area contributed by atoms with Gasteiger partial charge in [0.15, 0.2) is 0 Å². The van der Waals surface area contributed by atoms with Crippen LogP contribution < -0.4 is 10.5 Å². The van der Waals surface area contributed by atoms with Crippen molar-refractivity contribution in [3.05, 3.63) is 65.2 Å². The maximum absolute atomic E-state index is 12.2. The van der Waals surface area contributed by atoms with Gasteiger partial charge in [0.25, 0.3) is 0 Å². The molecule has 2 aromatic rings. The molecule has 5 heteroatoms. The SMILES string of the molecule is CCc1cccc(NS(=O)(=O)Cc2cccc(CN)c2)c1. The molecule has 0 aliphatic carbocycles. The summed E-state index contributed by atoms with van der Waals surface area (Å²) in [5.41, 5.74) is 8.93. The Hall–Kier alpha value is -1.85. The van der Waals surface area contributed by atoms with E-state index in [1.54, 1.807) is 12.1 Å². The predicted octanol–water partition coefficient (Wildman–Crippen LogP) is 2.65. The molecule has 0 amide bonds. The summed E-state index contributed by atoms with van der Waals surface area (Å²) >= 11 is 0. The van der Waals surface area contributed by atoms with Gasteiger partial charge in [0.1, 0.15) is 0 Å². The molecule has 0 saturated heterocycles. The molecule has 0 bridgehead atoms. The lowest BCUT2D eigenvalue weighted by Gasteiger charge is -2.10. The smallest absolute Gasteiger partial charge is 0.236 e. The molecule has 0 aliphatic heterocycles. The second-order valence-electron chi connectivity index (χ2n) is 4.94. The fourth-order valence-electron chi connectivity index (χ4n) is 2.14. The van der Waals surface area contributed by atoms with Crippen LogP contribution in [0.3, 0.4) is 0 Å². The Morgan fingerprint density at radius 2 is 1.67 bits per heavy atom. The molecule has 0 aliphatic rings. The van der Waals surface area contributed by atoms with Crippen LogP contribution in [0.15, 0.2) is 48.5 Å². The minimum absolute atomic E-state index is 0.0583. The van der Waals surface area contributed by atoms with E-state index in [9.17, 15) is 8.42 Å². The Labute approximate surface area is 126 Å². The summed E-state index contributed by atoms with van der Waals surface area (Å²) in [4.78, 5) is 0. The lowest BCUT2D eigenvalue weighted by molar-refractivity contribution is 0.600. The van der Waals surface area contributed by atoms with Crippen molar-refractivity contribution in [2.45, 2.75) is 25.6 Å². The zero-order valence-corrected chi connectivity index (χ0v) is 12.9. The fourth-order valence-corrected chi connectivity index (χ4v) is 3.31. The molecule has 112 valence electrons. The van der Waals surface area contributed by atoms with Gasteiger partial charge in [-0.3, -0.25) is 4.72 Å². The van der Waals surface area contributed by atoms with Crippen molar-refractivity contribution >= 4 is 15.7 Å². The topological polar surface area (TPSA) is 72.2 Å². The molecule has 0 aromatic heterocycles. The molecule has 3 N–H and O–H groups in total. The molecule has 0 saturated carbocycles. The third-order valence-corrected chi connectivity index (χ3v) is 4.45. The monoisotopic (exact) mass is 304 g/mol. The van der Waals surface area contributed by atoms with Gasteiger partial charge in [0, 0.05) is 12.2 Å². The zero-order valence-electron chi connectivity index (χ0n) is 12.0. The normalized spacial score (nSPS) is 11.3. The Bertz CT molecular complexity index is 656. The van der Waals surface area contributed by atoms with Crippen LogP contribution in [0.25, 0.3) is 0 Å². The van der Waals surface area contributed by atoms with Gasteiger partial charge in [-0.05, 0) is 35.2 Å². The van der Waals surface area contributed by atoms with Gasteiger partial charge in [-0.25, -0.2) is 8.42 Å². The summed E-state index contributed by atoms with van der Waals surface area (Å²) in [7, 11) is -3.43. The Morgan fingerprint density at radius 3 is 2.38 bits per heavy atom. The van der Waals surface area contributed by atoms with Crippen LogP contribution in [0.1, 0.15) is 23.6 Å². The van der Waals surface area contributed by atoms with Crippen molar-refractivity contribution in [3.63, 3.8) is 0 Å². The van der Waals surface area contributed by atoms with Crippen molar-refractivity contribution in [2.75, 3.05) is 4.72 Å². The summed E-state index contributed by atoms with van der Waals surface area (Å²) in [5, 5.41) is 0. The lowest BCUT2D eigenvalue weighted by Crippen LogP contribution is -2.15. The average molecular weight is 304 g/mol. The van der Waals surface area contributed by atoms with Crippen molar-refractivity contribution < 1.29 is 8.42 Å². The molecular formula is C16H20N2O2S. The number of nitrogens with one attached hydrogen (secondary N) is 1. The standard InChI is InChI=1S/C16H20N2O2S/c1-2-13-5-4-8-16(10-13)18-21(19,20)12-15-7-3-6-14(9-15)11-17/h3-10,18H,2,11-12,17H2,1H3. The molecule has 2 aromatic carbocycles. The van der Waals surface area contributed by atoms with Gasteiger partial charge in [0.2, 0.25) is 10.0 Å². The highest BCUT2D eigenvalue weighted by Crippen LogP contribution is 2.15. The molecule has 2 rings (SSSR count). The molecule has 4 nitrogen and oxygen atoms in total. The molecule has 0 atom stereocenters. The molecule has 0 heterocycles. The van der Waals surface area contributed by atoms with E-state index in [-0.39, 0.29) is 5.75 Å². The Morgan fingerprint density at radius 1 is 1.00 bits per heavy atom. The number of rotatable bonds is 6. The Balaban J connectivity index is 2.14. The predicted molar refractivity (Wildman–Crippen MR) is 86.4 cm³/mol. The van der Waals surface area contributed by atoms with Gasteiger partial charge < -0.3 is 5.73 Å². The van der Waals surface area contributed by atoms with Crippen LogP contribution >= 0.6 is 0 Å². The highest BCUT2D eigenvalue weighted by atomic mass is 32.2. The van der Waals surface area contributed by atoms with Gasteiger partial charge >= 0.3 is 0 Å². The maximum Gasteiger partial charge on any atom is 0.236 e. The molecule has 0 spiro atoms. The van der Waals surface area contributed by atoms with Crippen LogP contribution in [0.5, 0.6) is 0 Å². The second kappa shape index (κ2) is 6.74. The molecular weight excluding hydrogens is 284 g/mol. The van der Waals surface area contributed by atoms with Gasteiger partial charge in [-0.15, -0.1) is 0 Å². The van der Waals surface area contributed by atoms with E-state index in [1.807, 2.05) is 43.3 Å². The van der Waals surface area contributed by atoms with Crippen molar-refractivity contribution in [1.82, 2.24) is 0 Å². The van der Waals surface area contributed by atoms with Crippen LogP contribution in [-0.4, -0.2) is 8.42 Å². The van der Waals surface area contributed by atoms with Crippen LogP contribution in [0.2, 0.25) is 0 Å².